The Balaban J connectivity index is 4.53. The molecule has 0 heterocycles. The molecule has 0 radical (unpaired) electrons. The van der Waals surface area contributed by atoms with Gasteiger partial charge in [-0.1, -0.05) is 64.2 Å². The number of ether oxygens (including phenoxy) is 1. The van der Waals surface area contributed by atoms with Crippen LogP contribution in [0, 0.1) is 0 Å². The lowest BCUT2D eigenvalue weighted by Gasteiger charge is -2.39. The van der Waals surface area contributed by atoms with Gasteiger partial charge in [0.15, 0.2) is 0 Å². The largest absolute Gasteiger partial charge is 0.500 e. The van der Waals surface area contributed by atoms with E-state index in [-0.39, 0.29) is 6.61 Å². The van der Waals surface area contributed by atoms with Crippen molar-refractivity contribution in [3.8, 4) is 0 Å². The molecule has 0 unspecified atom stereocenters. The Kier molecular flexibility index (Phi) is 25.5. The quantitative estimate of drug-likeness (QED) is 0.0355. The number of alkyl halides is 13. The smallest absolute Gasteiger partial charge is 0.394 e. The average Bonchev–Trinajstić information content (AvgIpc) is 3.09. The average molecular weight is 883 g/mol. The van der Waals surface area contributed by atoms with E-state index in [1.807, 2.05) is 34.6 Å². The first-order chi connectivity index (χ1) is 26.0. The number of unbranched alkanes of at least 4 members (excludes halogenated alkanes) is 10. The number of hydrogen-bond acceptors (Lipinski definition) is 6. The Morgan fingerprint density at radius 2 is 0.696 bits per heavy atom. The molecule has 0 fully saturated rings. The summed E-state index contributed by atoms with van der Waals surface area (Å²) in [5.74, 6) is -36.7. The molecule has 0 amide bonds. The Morgan fingerprint density at radius 1 is 0.357 bits per heavy atom. The second-order valence-corrected chi connectivity index (χ2v) is 19.6. The zero-order chi connectivity index (χ0) is 43.2. The molecule has 0 spiro atoms. The van der Waals surface area contributed by atoms with E-state index in [9.17, 15) is 57.1 Å². The van der Waals surface area contributed by atoms with E-state index < -0.39 is 72.6 Å². The van der Waals surface area contributed by atoms with E-state index in [2.05, 4.69) is 0 Å². The van der Waals surface area contributed by atoms with Gasteiger partial charge in [-0.2, -0.15) is 57.1 Å². The minimum Gasteiger partial charge on any atom is -0.394 e. The molecule has 0 aliphatic carbocycles. The third-order valence-corrected chi connectivity index (χ3v) is 16.1. The summed E-state index contributed by atoms with van der Waals surface area (Å²) >= 11 is 0. The molecular weight excluding hydrogens is 820 g/mol. The van der Waals surface area contributed by atoms with Crippen LogP contribution >= 0.6 is 0 Å². The van der Waals surface area contributed by atoms with Crippen LogP contribution in [0.2, 0.25) is 18.1 Å². The topological polar surface area (TPSA) is 55.4 Å². The Morgan fingerprint density at radius 3 is 1.09 bits per heavy atom. The van der Waals surface area contributed by atoms with E-state index in [0.29, 0.717) is 45.9 Å². The molecule has 21 heteroatoms. The van der Waals surface area contributed by atoms with E-state index in [4.69, 9.17) is 26.9 Å². The van der Waals surface area contributed by atoms with Crippen LogP contribution in [0.25, 0.3) is 0 Å². The van der Waals surface area contributed by atoms with Crippen LogP contribution in [-0.4, -0.2) is 99.4 Å². The van der Waals surface area contributed by atoms with Gasteiger partial charge >= 0.3 is 53.2 Å². The fourth-order valence-corrected chi connectivity index (χ4v) is 12.4. The zero-order valence-corrected chi connectivity index (χ0v) is 35.3. The van der Waals surface area contributed by atoms with Gasteiger partial charge in [-0.15, -0.1) is 0 Å². The lowest BCUT2D eigenvalue weighted by Crippen LogP contribution is -2.70. The highest BCUT2D eigenvalue weighted by Crippen LogP contribution is 2.60. The molecule has 0 aliphatic heterocycles. The van der Waals surface area contributed by atoms with Crippen molar-refractivity contribution in [1.29, 1.82) is 0 Å². The molecule has 0 aromatic rings. The molecule has 6 nitrogen and oxygen atoms in total. The van der Waals surface area contributed by atoms with E-state index in [1.165, 1.54) is 0 Å². The van der Waals surface area contributed by atoms with Crippen LogP contribution in [0.15, 0.2) is 0 Å². The molecule has 0 atom stereocenters. The highest BCUT2D eigenvalue weighted by Gasteiger charge is 2.90. The van der Waals surface area contributed by atoms with Gasteiger partial charge in [0.2, 0.25) is 0 Å². The summed E-state index contributed by atoms with van der Waals surface area (Å²) in [4.78, 5) is 0. The Hall–Kier alpha value is -0.716. The van der Waals surface area contributed by atoms with Gasteiger partial charge in [-0.25, -0.2) is 0 Å². The lowest BCUT2D eigenvalue weighted by atomic mass is 9.92. The van der Waals surface area contributed by atoms with Crippen molar-refractivity contribution in [2.45, 2.75) is 178 Å². The van der Waals surface area contributed by atoms with Gasteiger partial charge in [0.25, 0.3) is 0 Å². The van der Waals surface area contributed by atoms with E-state index in [0.717, 1.165) is 82.3 Å². The number of rotatable bonds is 36. The molecule has 0 rings (SSSR count). The molecule has 56 heavy (non-hydrogen) atoms. The highest BCUT2D eigenvalue weighted by molar-refractivity contribution is 6.67. The van der Waals surface area contributed by atoms with Crippen molar-refractivity contribution in [3.63, 3.8) is 0 Å². The molecular formula is C35H63F13O6Si2. The SMILES string of the molecule is CCO[Si](CCCCCCCCOCCCC(F)(F)C(F)(F)C(F)(F)C(F)(F)C(F)(F)C(F)(F)F)(CCCCCCCC[Si](OCC)(OCC)OCC)OCC. The van der Waals surface area contributed by atoms with Crippen molar-refractivity contribution >= 4 is 17.4 Å². The predicted molar refractivity (Wildman–Crippen MR) is 190 cm³/mol. The van der Waals surface area contributed by atoms with Crippen LogP contribution < -0.4 is 0 Å². The number of hydrogen-bond donors (Lipinski definition) is 0. The second kappa shape index (κ2) is 25.8. The molecule has 0 N–H and O–H groups in total. The standard InChI is InChI=1S/C35H63F13O6Si2/c1-6-50-55(51-7-2,28-21-17-13-14-18-22-29-56(52-8-3,53-9-4)54-10-5)27-20-16-12-11-15-19-25-49-26-23-24-30(36,37)31(38,39)32(40,41)33(42,43)34(44,45)35(46,47)48/h6-29H2,1-5H3. The van der Waals surface area contributed by atoms with Crippen LogP contribution in [0.3, 0.4) is 0 Å². The molecule has 0 aromatic heterocycles. The van der Waals surface area contributed by atoms with Crippen LogP contribution in [-0.2, 0) is 26.9 Å². The maximum atomic E-state index is 13.9. The molecule has 0 aliphatic rings. The monoisotopic (exact) mass is 882 g/mol. The second-order valence-electron chi connectivity index (χ2n) is 13.5. The molecule has 338 valence electrons. The highest BCUT2D eigenvalue weighted by atomic mass is 28.4. The molecule has 0 bridgehead atoms. The fraction of sp³-hybridized carbons (Fsp3) is 1.00. The van der Waals surface area contributed by atoms with E-state index in [1.54, 1.807) is 0 Å². The minimum absolute atomic E-state index is 0.0327. The summed E-state index contributed by atoms with van der Waals surface area (Å²) in [7, 11) is -5.02. The van der Waals surface area contributed by atoms with Crippen molar-refractivity contribution in [2.24, 2.45) is 0 Å². The first-order valence-electron chi connectivity index (χ1n) is 19.7. The first-order valence-corrected chi connectivity index (χ1v) is 23.9. The van der Waals surface area contributed by atoms with Gasteiger partial charge in [-0.3, -0.25) is 0 Å². The van der Waals surface area contributed by atoms with Crippen LogP contribution in [0.4, 0.5) is 57.1 Å². The Bertz CT molecular complexity index is 1000. The molecule has 0 saturated carbocycles. The summed E-state index contributed by atoms with van der Waals surface area (Å²) < 4.78 is 207. The maximum Gasteiger partial charge on any atom is 0.500 e. The van der Waals surface area contributed by atoms with Crippen molar-refractivity contribution in [2.75, 3.05) is 46.2 Å². The fourth-order valence-electron chi connectivity index (χ4n) is 6.19. The molecule has 0 saturated heterocycles. The normalized spacial score (nSPS) is 14.2. The maximum absolute atomic E-state index is 13.9. The van der Waals surface area contributed by atoms with Crippen molar-refractivity contribution in [3.05, 3.63) is 0 Å². The summed E-state index contributed by atoms with van der Waals surface area (Å²) in [5, 5.41) is 0. The summed E-state index contributed by atoms with van der Waals surface area (Å²) in [5.41, 5.74) is 0. The Labute approximate surface area is 325 Å². The predicted octanol–water partition coefficient (Wildman–Crippen LogP) is 12.8. The lowest BCUT2D eigenvalue weighted by molar-refractivity contribution is -0.440. The van der Waals surface area contributed by atoms with Gasteiger partial charge in [-0.05, 0) is 66.0 Å². The van der Waals surface area contributed by atoms with Gasteiger partial charge < -0.3 is 26.9 Å². The van der Waals surface area contributed by atoms with Gasteiger partial charge in [0, 0.05) is 58.7 Å². The number of halogens is 13. The minimum atomic E-state index is -7.88. The zero-order valence-electron chi connectivity index (χ0n) is 33.3. The van der Waals surface area contributed by atoms with Crippen LogP contribution in [0.5, 0.6) is 0 Å². The van der Waals surface area contributed by atoms with Crippen LogP contribution in [0.1, 0.15) is 125 Å². The summed E-state index contributed by atoms with van der Waals surface area (Å²) in [6, 6.07) is 2.54. The van der Waals surface area contributed by atoms with Crippen molar-refractivity contribution < 1.29 is 83.9 Å². The summed E-state index contributed by atoms with van der Waals surface area (Å²) in [6.45, 7) is 11.8. The third kappa shape index (κ3) is 16.4. The summed E-state index contributed by atoms with van der Waals surface area (Å²) in [6.07, 6.45) is 0.0676. The molecule has 0 aromatic carbocycles. The third-order valence-electron chi connectivity index (χ3n) is 9.07. The van der Waals surface area contributed by atoms with Gasteiger partial charge in [0.05, 0.1) is 0 Å². The first kappa shape index (κ1) is 55.3. The van der Waals surface area contributed by atoms with E-state index >= 15 is 0 Å². The van der Waals surface area contributed by atoms with Gasteiger partial charge in [0.1, 0.15) is 0 Å². The van der Waals surface area contributed by atoms with Crippen molar-refractivity contribution in [1.82, 2.24) is 0 Å².